The van der Waals surface area contributed by atoms with Gasteiger partial charge < -0.3 is 14.2 Å². The van der Waals surface area contributed by atoms with Crippen LogP contribution in [-0.4, -0.2) is 35.2 Å². The van der Waals surface area contributed by atoms with E-state index in [9.17, 15) is 14.4 Å². The van der Waals surface area contributed by atoms with Gasteiger partial charge in [0.1, 0.15) is 22.7 Å². The van der Waals surface area contributed by atoms with Crippen LogP contribution in [0.3, 0.4) is 0 Å². The Morgan fingerprint density at radius 3 is 2.00 bits per heavy atom. The molecule has 0 bridgehead atoms. The maximum absolute atomic E-state index is 13.4. The van der Waals surface area contributed by atoms with E-state index in [2.05, 4.69) is 6.58 Å². The second kappa shape index (κ2) is 8.66. The van der Waals surface area contributed by atoms with Crippen molar-refractivity contribution in [2.45, 2.75) is 98.4 Å². The minimum Gasteiger partial charge on any atom is -0.460 e. The normalized spacial score (nSPS) is 24.1. The van der Waals surface area contributed by atoms with Crippen molar-refractivity contribution in [1.29, 1.82) is 0 Å². The fourth-order valence-electron chi connectivity index (χ4n) is 3.54. The smallest absolute Gasteiger partial charge is 0.333 e. The lowest BCUT2D eigenvalue weighted by Crippen LogP contribution is -2.55. The molecule has 1 rings (SSSR count). The number of hydrogen-bond acceptors (Lipinski definition) is 6. The molecule has 0 aromatic rings. The molecule has 0 aromatic heterocycles. The second-order valence-corrected chi connectivity index (χ2v) is 9.70. The maximum Gasteiger partial charge on any atom is 0.333 e. The van der Waals surface area contributed by atoms with Crippen LogP contribution in [0, 0.1) is 11.3 Å². The van der Waals surface area contributed by atoms with Gasteiger partial charge in [-0.05, 0) is 68.2 Å². The van der Waals surface area contributed by atoms with E-state index >= 15 is 0 Å². The number of rotatable bonds is 5. The monoisotopic (exact) mass is 396 g/mol. The average molecular weight is 397 g/mol. The molecular formula is C22H36O6. The fourth-order valence-corrected chi connectivity index (χ4v) is 3.54. The van der Waals surface area contributed by atoms with E-state index in [1.165, 1.54) is 0 Å². The van der Waals surface area contributed by atoms with Gasteiger partial charge in [0.25, 0.3) is 0 Å². The first kappa shape index (κ1) is 24.2. The van der Waals surface area contributed by atoms with Crippen LogP contribution in [0.15, 0.2) is 12.2 Å². The third kappa shape index (κ3) is 6.08. The molecule has 0 N–H and O–H groups in total. The highest BCUT2D eigenvalue weighted by Gasteiger charge is 2.58. The van der Waals surface area contributed by atoms with E-state index in [-0.39, 0.29) is 5.57 Å². The largest absolute Gasteiger partial charge is 0.460 e. The third-order valence-corrected chi connectivity index (χ3v) is 4.78. The molecule has 1 aliphatic rings. The summed E-state index contributed by atoms with van der Waals surface area (Å²) in [6, 6.07) is 0. The zero-order chi connectivity index (χ0) is 21.9. The Morgan fingerprint density at radius 2 is 1.54 bits per heavy atom. The molecule has 3 unspecified atom stereocenters. The summed E-state index contributed by atoms with van der Waals surface area (Å²) in [7, 11) is 0. The van der Waals surface area contributed by atoms with Gasteiger partial charge in [-0.2, -0.15) is 0 Å². The van der Waals surface area contributed by atoms with Crippen LogP contribution in [0.5, 0.6) is 0 Å². The summed E-state index contributed by atoms with van der Waals surface area (Å²) in [5, 5.41) is 0. The summed E-state index contributed by atoms with van der Waals surface area (Å²) in [6.45, 7) is 17.5. The second-order valence-electron chi connectivity index (χ2n) is 9.70. The summed E-state index contributed by atoms with van der Waals surface area (Å²) in [5.74, 6) is -2.33. The minimum atomic E-state index is -1.29. The lowest BCUT2D eigenvalue weighted by molar-refractivity contribution is -0.199. The van der Waals surface area contributed by atoms with Gasteiger partial charge in [-0.3, -0.25) is 9.59 Å². The number of carbonyl (C=O) groups is 3. The van der Waals surface area contributed by atoms with Crippen molar-refractivity contribution in [3.63, 3.8) is 0 Å². The Hall–Kier alpha value is -1.85. The quantitative estimate of drug-likeness (QED) is 0.390. The van der Waals surface area contributed by atoms with Crippen molar-refractivity contribution in [2.24, 2.45) is 11.3 Å². The first-order chi connectivity index (χ1) is 12.6. The van der Waals surface area contributed by atoms with E-state index in [4.69, 9.17) is 14.2 Å². The predicted octanol–water partition coefficient (Wildman–Crippen LogP) is 4.35. The lowest BCUT2D eigenvalue weighted by atomic mass is 9.63. The van der Waals surface area contributed by atoms with Gasteiger partial charge in [0.15, 0.2) is 0 Å². The molecule has 6 nitrogen and oxygen atoms in total. The first-order valence-electron chi connectivity index (χ1n) is 9.93. The van der Waals surface area contributed by atoms with Gasteiger partial charge in [-0.1, -0.05) is 19.4 Å². The van der Waals surface area contributed by atoms with Crippen molar-refractivity contribution >= 4 is 17.9 Å². The Morgan fingerprint density at radius 1 is 1.00 bits per heavy atom. The zero-order valence-corrected chi connectivity index (χ0v) is 18.6. The minimum absolute atomic E-state index is 0.232. The molecule has 6 heteroatoms. The van der Waals surface area contributed by atoms with Crippen molar-refractivity contribution in [1.82, 2.24) is 0 Å². The van der Waals surface area contributed by atoms with Gasteiger partial charge in [-0.25, -0.2) is 4.79 Å². The lowest BCUT2D eigenvalue weighted by Gasteiger charge is -2.45. The number of carbonyl (C=O) groups excluding carboxylic acids is 3. The molecule has 1 fully saturated rings. The highest BCUT2D eigenvalue weighted by Crippen LogP contribution is 2.48. The highest BCUT2D eigenvalue weighted by molar-refractivity contribution is 5.89. The Labute approximate surface area is 169 Å². The predicted molar refractivity (Wildman–Crippen MR) is 106 cm³/mol. The molecular weight excluding hydrogens is 360 g/mol. The van der Waals surface area contributed by atoms with E-state index in [0.717, 1.165) is 12.8 Å². The summed E-state index contributed by atoms with van der Waals surface area (Å²) in [5.41, 5.74) is -2.49. The summed E-state index contributed by atoms with van der Waals surface area (Å²) in [4.78, 5) is 38.6. The molecule has 0 aromatic carbocycles. The highest BCUT2D eigenvalue weighted by atomic mass is 16.6. The molecule has 1 aliphatic carbocycles. The van der Waals surface area contributed by atoms with Crippen LogP contribution in [0.4, 0.5) is 0 Å². The van der Waals surface area contributed by atoms with Crippen LogP contribution in [0.1, 0.15) is 81.1 Å². The number of esters is 3. The van der Waals surface area contributed by atoms with E-state index in [0.29, 0.717) is 12.8 Å². The average Bonchev–Trinajstić information content (AvgIpc) is 2.50. The maximum atomic E-state index is 13.4. The fraction of sp³-hybridized carbons (Fsp3) is 0.773. The van der Waals surface area contributed by atoms with E-state index < -0.39 is 46.5 Å². The van der Waals surface area contributed by atoms with Gasteiger partial charge in [0.05, 0.1) is 5.92 Å². The molecule has 28 heavy (non-hydrogen) atoms. The molecule has 0 radical (unpaired) electrons. The van der Waals surface area contributed by atoms with Crippen LogP contribution in [0.2, 0.25) is 0 Å². The molecule has 0 heterocycles. The van der Waals surface area contributed by atoms with Gasteiger partial charge in [0, 0.05) is 5.57 Å². The molecule has 0 aliphatic heterocycles. The number of hydrogen-bond donors (Lipinski definition) is 0. The summed E-state index contributed by atoms with van der Waals surface area (Å²) < 4.78 is 16.9. The Bertz CT molecular complexity index is 622. The molecule has 0 amide bonds. The topological polar surface area (TPSA) is 78.9 Å². The molecule has 160 valence electrons. The Balaban J connectivity index is 3.39. The summed E-state index contributed by atoms with van der Waals surface area (Å²) >= 11 is 0. The van der Waals surface area contributed by atoms with Crippen molar-refractivity contribution in [2.75, 3.05) is 0 Å². The van der Waals surface area contributed by atoms with Crippen LogP contribution >= 0.6 is 0 Å². The van der Waals surface area contributed by atoms with Gasteiger partial charge >= 0.3 is 17.9 Å². The SMILES string of the molecule is C=C(C)C(=O)OC(C)C1(C(=O)OC(C)(C)C)CCCCC1C(=O)OC(C)(C)C. The van der Waals surface area contributed by atoms with Crippen molar-refractivity contribution in [3.05, 3.63) is 12.2 Å². The molecule has 3 atom stereocenters. The van der Waals surface area contributed by atoms with Crippen LogP contribution in [0.25, 0.3) is 0 Å². The van der Waals surface area contributed by atoms with E-state index in [1.54, 1.807) is 55.4 Å². The van der Waals surface area contributed by atoms with Gasteiger partial charge in [-0.15, -0.1) is 0 Å². The summed E-state index contributed by atoms with van der Waals surface area (Å²) in [6.07, 6.45) is 1.52. The first-order valence-corrected chi connectivity index (χ1v) is 9.93. The molecule has 0 saturated heterocycles. The Kier molecular flexibility index (Phi) is 7.48. The molecule has 0 spiro atoms. The van der Waals surface area contributed by atoms with Crippen molar-refractivity contribution in [3.8, 4) is 0 Å². The van der Waals surface area contributed by atoms with Crippen LogP contribution < -0.4 is 0 Å². The van der Waals surface area contributed by atoms with Crippen molar-refractivity contribution < 1.29 is 28.6 Å². The zero-order valence-electron chi connectivity index (χ0n) is 18.6. The number of ether oxygens (including phenoxy) is 3. The van der Waals surface area contributed by atoms with Crippen LogP contribution in [-0.2, 0) is 28.6 Å². The molecule has 1 saturated carbocycles. The van der Waals surface area contributed by atoms with E-state index in [1.807, 2.05) is 0 Å². The third-order valence-electron chi connectivity index (χ3n) is 4.78. The van der Waals surface area contributed by atoms with Gasteiger partial charge in [0.2, 0.25) is 0 Å². The standard InChI is InChI=1S/C22H36O6/c1-14(2)17(23)26-15(3)22(19(25)28-21(7,8)9)13-11-10-12-16(22)18(24)27-20(4,5)6/h15-16H,1,10-13H2,2-9H3.